The molecule has 1 saturated carbocycles. The lowest BCUT2D eigenvalue weighted by molar-refractivity contribution is -0.123. The van der Waals surface area contributed by atoms with E-state index in [1.165, 1.54) is 29.7 Å². The number of carbonyl (C=O) groups excluding carboxylic acids is 1. The van der Waals surface area contributed by atoms with E-state index in [-0.39, 0.29) is 17.2 Å². The van der Waals surface area contributed by atoms with Crippen LogP contribution in [0.3, 0.4) is 0 Å². The Bertz CT molecular complexity index is 1240. The maximum atomic E-state index is 12.9. The molecule has 184 valence electrons. The molecule has 6 nitrogen and oxygen atoms in total. The van der Waals surface area contributed by atoms with Crippen LogP contribution in [0.2, 0.25) is 0 Å². The number of aromatic nitrogens is 2. The van der Waals surface area contributed by atoms with E-state index in [1.807, 2.05) is 18.2 Å². The number of rotatable bonds is 6. The quantitative estimate of drug-likeness (QED) is 0.592. The predicted molar refractivity (Wildman–Crippen MR) is 141 cm³/mol. The Morgan fingerprint density at radius 3 is 2.77 bits per heavy atom. The molecule has 3 aliphatic rings. The third kappa shape index (κ3) is 4.33. The van der Waals surface area contributed by atoms with Gasteiger partial charge >= 0.3 is 0 Å². The van der Waals surface area contributed by atoms with Gasteiger partial charge in [-0.2, -0.15) is 0 Å². The fraction of sp³-hybridized carbons (Fsp3) is 0.517. The van der Waals surface area contributed by atoms with Gasteiger partial charge in [0.25, 0.3) is 0 Å². The van der Waals surface area contributed by atoms with Crippen LogP contribution in [-0.2, 0) is 31.2 Å². The van der Waals surface area contributed by atoms with Crippen molar-refractivity contribution in [3.63, 3.8) is 0 Å². The van der Waals surface area contributed by atoms with Gasteiger partial charge in [-0.15, -0.1) is 0 Å². The summed E-state index contributed by atoms with van der Waals surface area (Å²) in [5.74, 6) is 1.47. The van der Waals surface area contributed by atoms with Gasteiger partial charge in [0.1, 0.15) is 5.82 Å². The molecule has 1 atom stereocenters. The highest BCUT2D eigenvalue weighted by Crippen LogP contribution is 2.59. The van der Waals surface area contributed by atoms with Crippen molar-refractivity contribution in [2.75, 3.05) is 38.1 Å². The average Bonchev–Trinajstić information content (AvgIpc) is 3.48. The van der Waals surface area contributed by atoms with E-state index in [1.54, 1.807) is 0 Å². The van der Waals surface area contributed by atoms with E-state index < -0.39 is 0 Å². The molecule has 1 amide bonds. The minimum atomic E-state index is 0.198. The number of hydrogen-bond donors (Lipinski definition) is 1. The van der Waals surface area contributed by atoms with Crippen molar-refractivity contribution in [1.82, 2.24) is 19.8 Å². The fourth-order valence-corrected chi connectivity index (χ4v) is 6.46. The Hall–Kier alpha value is -2.86. The zero-order valence-corrected chi connectivity index (χ0v) is 21.1. The van der Waals surface area contributed by atoms with Crippen LogP contribution in [0.25, 0.3) is 11.0 Å². The van der Waals surface area contributed by atoms with E-state index in [0.717, 1.165) is 68.7 Å². The summed E-state index contributed by atoms with van der Waals surface area (Å²) in [6.07, 6.45) is 6.56. The summed E-state index contributed by atoms with van der Waals surface area (Å²) in [5.41, 5.74) is 6.75. The van der Waals surface area contributed by atoms with Crippen LogP contribution in [0.5, 0.6) is 0 Å². The molecule has 1 saturated heterocycles. The Balaban J connectivity index is 0.979. The molecule has 6 rings (SSSR count). The zero-order valence-electron chi connectivity index (χ0n) is 21.1. The Morgan fingerprint density at radius 1 is 1.11 bits per heavy atom. The summed E-state index contributed by atoms with van der Waals surface area (Å²) in [6, 6.07) is 15.2. The van der Waals surface area contributed by atoms with Crippen LogP contribution in [0, 0.1) is 11.3 Å². The van der Waals surface area contributed by atoms with E-state index >= 15 is 0 Å². The molecule has 1 spiro atoms. The molecule has 0 radical (unpaired) electrons. The number of para-hydroxylation sites is 2. The first kappa shape index (κ1) is 22.6. The van der Waals surface area contributed by atoms with Crippen molar-refractivity contribution in [3.05, 3.63) is 59.4 Å². The maximum absolute atomic E-state index is 12.9. The van der Waals surface area contributed by atoms with Crippen molar-refractivity contribution < 1.29 is 4.79 Å². The Labute approximate surface area is 208 Å². The van der Waals surface area contributed by atoms with Crippen molar-refractivity contribution in [1.29, 1.82) is 0 Å². The largest absolute Gasteiger partial charge is 0.374 e. The van der Waals surface area contributed by atoms with E-state index in [0.29, 0.717) is 6.54 Å². The maximum Gasteiger partial charge on any atom is 0.223 e. The summed E-state index contributed by atoms with van der Waals surface area (Å²) < 4.78 is 2.14. The summed E-state index contributed by atoms with van der Waals surface area (Å²) in [5, 5.41) is 3.21. The molecule has 0 unspecified atom stereocenters. The monoisotopic (exact) mass is 471 g/mol. The number of hydrogen-bond acceptors (Lipinski definition) is 4. The van der Waals surface area contributed by atoms with Gasteiger partial charge in [-0.05, 0) is 79.9 Å². The number of nitrogens with zero attached hydrogens (tertiary/aromatic N) is 4. The highest BCUT2D eigenvalue weighted by atomic mass is 16.2. The van der Waals surface area contributed by atoms with Crippen molar-refractivity contribution in [3.8, 4) is 0 Å². The summed E-state index contributed by atoms with van der Waals surface area (Å²) in [6.45, 7) is 5.04. The van der Waals surface area contributed by atoms with Gasteiger partial charge in [0.05, 0.1) is 11.0 Å². The van der Waals surface area contributed by atoms with Crippen LogP contribution in [-0.4, -0.2) is 53.6 Å². The van der Waals surface area contributed by atoms with Crippen molar-refractivity contribution in [2.24, 2.45) is 18.4 Å². The molecule has 1 aromatic heterocycles. The summed E-state index contributed by atoms with van der Waals surface area (Å²) in [4.78, 5) is 22.6. The Kier molecular flexibility index (Phi) is 5.79. The molecule has 3 heterocycles. The molecule has 1 aliphatic carbocycles. The first-order valence-corrected chi connectivity index (χ1v) is 13.3. The standard InChI is InChI=1S/C29H37N5O/c1-32-15-5-6-22-18-21(9-10-25(22)32)20-34-16-12-29(13-17-34)19-23(29)28(35)30-14-11-27-31-24-7-3-4-8-26(24)33(27)2/h3-4,7-10,18,23H,5-6,11-17,19-20H2,1-2H3,(H,30,35)/t23-/m1/s1. The lowest BCUT2D eigenvalue weighted by atomic mass is 9.90. The number of fused-ring (bicyclic) bond motifs is 2. The third-order valence-corrected chi connectivity index (χ3v) is 8.79. The van der Waals surface area contributed by atoms with Crippen molar-refractivity contribution >= 4 is 22.6 Å². The smallest absolute Gasteiger partial charge is 0.223 e. The van der Waals surface area contributed by atoms with Gasteiger partial charge in [-0.25, -0.2) is 4.98 Å². The van der Waals surface area contributed by atoms with Crippen LogP contribution in [0.1, 0.15) is 42.6 Å². The third-order valence-electron chi connectivity index (χ3n) is 8.79. The second-order valence-corrected chi connectivity index (χ2v) is 11.0. The number of aryl methyl sites for hydroxylation is 2. The molecule has 35 heavy (non-hydrogen) atoms. The van der Waals surface area contributed by atoms with E-state index in [2.05, 4.69) is 58.0 Å². The first-order valence-electron chi connectivity index (χ1n) is 13.3. The molecule has 2 fully saturated rings. The fourth-order valence-electron chi connectivity index (χ4n) is 6.46. The van der Waals surface area contributed by atoms with Gasteiger partial charge in [0.15, 0.2) is 0 Å². The topological polar surface area (TPSA) is 53.4 Å². The number of carbonyl (C=O) groups is 1. The number of anilines is 1. The summed E-state index contributed by atoms with van der Waals surface area (Å²) in [7, 11) is 4.25. The molecule has 3 aromatic rings. The minimum Gasteiger partial charge on any atom is -0.374 e. The Morgan fingerprint density at radius 2 is 1.94 bits per heavy atom. The average molecular weight is 472 g/mol. The number of imidazole rings is 1. The van der Waals surface area contributed by atoms with Gasteiger partial charge < -0.3 is 14.8 Å². The number of nitrogens with one attached hydrogen (secondary N) is 1. The predicted octanol–water partition coefficient (Wildman–Crippen LogP) is 3.92. The van der Waals surface area contributed by atoms with Gasteiger partial charge in [-0.3, -0.25) is 9.69 Å². The van der Waals surface area contributed by atoms with E-state index in [9.17, 15) is 4.79 Å². The van der Waals surface area contributed by atoms with Crippen LogP contribution >= 0.6 is 0 Å². The lowest BCUT2D eigenvalue weighted by Crippen LogP contribution is -2.37. The highest BCUT2D eigenvalue weighted by molar-refractivity contribution is 5.82. The lowest BCUT2D eigenvalue weighted by Gasteiger charge is -2.33. The van der Waals surface area contributed by atoms with Crippen LogP contribution in [0.15, 0.2) is 42.5 Å². The second kappa shape index (κ2) is 8.98. The first-order chi connectivity index (χ1) is 17.0. The molecule has 2 aromatic carbocycles. The normalized spacial score (nSPS) is 21.3. The molecular formula is C29H37N5O. The number of likely N-dealkylation sites (tertiary alicyclic amines) is 1. The van der Waals surface area contributed by atoms with Crippen LogP contribution < -0.4 is 10.2 Å². The molecule has 0 bridgehead atoms. The molecular weight excluding hydrogens is 434 g/mol. The van der Waals surface area contributed by atoms with Crippen LogP contribution in [0.4, 0.5) is 5.69 Å². The van der Waals surface area contributed by atoms with Crippen molar-refractivity contribution in [2.45, 2.75) is 45.1 Å². The number of benzene rings is 2. The van der Waals surface area contributed by atoms with Gasteiger partial charge in [0.2, 0.25) is 5.91 Å². The minimum absolute atomic E-state index is 0.198. The molecule has 6 heteroatoms. The SMILES string of the molecule is CN1CCCc2cc(CN3CCC4(CC3)C[C@@H]4C(=O)NCCc3nc4ccccc4n3C)ccc21. The number of amides is 1. The van der Waals surface area contributed by atoms with Gasteiger partial charge in [-0.1, -0.05) is 24.3 Å². The number of piperidine rings is 1. The van der Waals surface area contributed by atoms with E-state index in [4.69, 9.17) is 4.98 Å². The zero-order chi connectivity index (χ0) is 24.0. The van der Waals surface area contributed by atoms with Gasteiger partial charge in [0, 0.05) is 51.8 Å². The molecule has 1 N–H and O–H groups in total. The second-order valence-electron chi connectivity index (χ2n) is 11.0. The highest BCUT2D eigenvalue weighted by Gasteiger charge is 2.58. The summed E-state index contributed by atoms with van der Waals surface area (Å²) >= 11 is 0. The molecule has 2 aliphatic heterocycles.